The largest absolute Gasteiger partial charge is 0.359 e. The molecule has 1 N–H and O–H groups in total. The molecule has 1 saturated heterocycles. The second kappa shape index (κ2) is 6.88. The Bertz CT molecular complexity index is 1060. The summed E-state index contributed by atoms with van der Waals surface area (Å²) in [6.07, 6.45) is 17.9. The van der Waals surface area contributed by atoms with Gasteiger partial charge in [-0.2, -0.15) is 0 Å². The van der Waals surface area contributed by atoms with Gasteiger partial charge in [0.05, 0.1) is 23.1 Å². The van der Waals surface area contributed by atoms with Gasteiger partial charge in [-0.3, -0.25) is 9.78 Å². The number of carbonyl (C=O) groups is 1. The first kappa shape index (κ1) is 20.4. The molecule has 1 saturated carbocycles. The van der Waals surface area contributed by atoms with Gasteiger partial charge in [-0.25, -0.2) is 0 Å². The van der Waals surface area contributed by atoms with Crippen LogP contribution < -0.4 is 5.32 Å². The highest BCUT2D eigenvalue weighted by molar-refractivity contribution is 6.05. The monoisotopic (exact) mass is 431 g/mol. The Morgan fingerprint density at radius 2 is 2.16 bits per heavy atom. The van der Waals surface area contributed by atoms with Crippen LogP contribution in [-0.2, 0) is 9.53 Å². The number of nitrogens with zero attached hydrogens (tertiary/aromatic N) is 2. The van der Waals surface area contributed by atoms with Gasteiger partial charge < -0.3 is 15.0 Å². The van der Waals surface area contributed by atoms with Gasteiger partial charge in [-0.1, -0.05) is 25.2 Å². The quantitative estimate of drug-likeness (QED) is 0.757. The standard InChI is InChI=1S/C27H33N3O2/c1-25-11-10-19-15-18-6-7-21(30(2)3)16-26(18)12-13-27(19,32-26)23(25)9-8-22(25)24(31)29-20-5-4-14-28-17-20/h4-5,8,10,14-15,17,21,23H,6-7,9,11-13,16H2,1-3H3,(H,29,31)/t21?,23-,25-,26-,27-/m1/s1. The summed E-state index contributed by atoms with van der Waals surface area (Å²) in [6, 6.07) is 4.31. The van der Waals surface area contributed by atoms with Crippen LogP contribution in [-0.4, -0.2) is 47.1 Å². The van der Waals surface area contributed by atoms with Crippen molar-refractivity contribution in [2.75, 3.05) is 19.4 Å². The van der Waals surface area contributed by atoms with Gasteiger partial charge in [0.2, 0.25) is 0 Å². The maximum atomic E-state index is 13.3. The van der Waals surface area contributed by atoms with E-state index in [4.69, 9.17) is 4.74 Å². The molecule has 2 spiro atoms. The van der Waals surface area contributed by atoms with Crippen molar-refractivity contribution in [3.05, 3.63) is 59.5 Å². The summed E-state index contributed by atoms with van der Waals surface area (Å²) in [5, 5.41) is 3.07. The molecule has 1 unspecified atom stereocenters. The normalized spacial score (nSPS) is 39.4. The van der Waals surface area contributed by atoms with Gasteiger partial charge in [0.15, 0.2) is 0 Å². The van der Waals surface area contributed by atoms with E-state index in [1.807, 2.05) is 12.1 Å². The highest BCUT2D eigenvalue weighted by atomic mass is 16.5. The van der Waals surface area contributed by atoms with E-state index in [0.29, 0.717) is 12.0 Å². The highest BCUT2D eigenvalue weighted by Crippen LogP contribution is 2.66. The molecule has 6 rings (SSSR count). The summed E-state index contributed by atoms with van der Waals surface area (Å²) in [5.74, 6) is 0.308. The molecule has 0 radical (unpaired) electrons. The van der Waals surface area contributed by atoms with Crippen LogP contribution >= 0.6 is 0 Å². The van der Waals surface area contributed by atoms with Gasteiger partial charge in [0, 0.05) is 29.1 Å². The molecule has 0 aromatic carbocycles. The fraction of sp³-hybridized carbons (Fsp3) is 0.556. The average molecular weight is 432 g/mol. The van der Waals surface area contributed by atoms with Gasteiger partial charge >= 0.3 is 0 Å². The SMILES string of the molecule is CN(C)C1CCC2=CC3=CC[C@]4(C)C(C(=O)Nc5cccnc5)=CC[C@H]4[C@@]34CC[C@]2(C1)O4. The van der Waals surface area contributed by atoms with E-state index in [9.17, 15) is 4.79 Å². The van der Waals surface area contributed by atoms with Crippen molar-refractivity contribution in [2.45, 2.75) is 69.1 Å². The minimum absolute atomic E-state index is 0.00124. The number of amides is 1. The zero-order chi connectivity index (χ0) is 22.1. The minimum atomic E-state index is -0.252. The first-order valence-corrected chi connectivity index (χ1v) is 12.1. The maximum absolute atomic E-state index is 13.3. The second-order valence-electron chi connectivity index (χ2n) is 10.9. The first-order chi connectivity index (χ1) is 15.4. The zero-order valence-electron chi connectivity index (χ0n) is 19.4. The van der Waals surface area contributed by atoms with Crippen molar-refractivity contribution >= 4 is 11.6 Å². The predicted molar refractivity (Wildman–Crippen MR) is 125 cm³/mol. The Hall–Kier alpha value is -2.24. The molecule has 2 aliphatic heterocycles. The molecule has 2 fully saturated rings. The Labute approximate surface area is 190 Å². The number of pyridine rings is 1. The lowest BCUT2D eigenvalue weighted by molar-refractivity contribution is -0.137. The van der Waals surface area contributed by atoms with Crippen molar-refractivity contribution < 1.29 is 9.53 Å². The molecule has 5 nitrogen and oxygen atoms in total. The lowest BCUT2D eigenvalue weighted by atomic mass is 9.59. The van der Waals surface area contributed by atoms with E-state index >= 15 is 0 Å². The summed E-state index contributed by atoms with van der Waals surface area (Å²) < 4.78 is 7.25. The lowest BCUT2D eigenvalue weighted by Crippen LogP contribution is -2.55. The molecular weight excluding hydrogens is 398 g/mol. The molecule has 168 valence electrons. The van der Waals surface area contributed by atoms with Crippen molar-refractivity contribution in [3.8, 4) is 0 Å². The molecule has 5 atom stereocenters. The van der Waals surface area contributed by atoms with E-state index in [1.54, 1.807) is 12.4 Å². The summed E-state index contributed by atoms with van der Waals surface area (Å²) in [5.41, 5.74) is 3.98. The molecular formula is C27H33N3O2. The van der Waals surface area contributed by atoms with Crippen molar-refractivity contribution in [2.24, 2.45) is 11.3 Å². The third-order valence-electron chi connectivity index (χ3n) is 9.14. The average Bonchev–Trinajstić information content (AvgIpc) is 3.29. The van der Waals surface area contributed by atoms with Crippen LogP contribution in [0.2, 0.25) is 0 Å². The van der Waals surface area contributed by atoms with Crippen molar-refractivity contribution in [3.63, 3.8) is 0 Å². The molecule has 1 aromatic rings. The molecule has 5 heteroatoms. The van der Waals surface area contributed by atoms with Crippen LogP contribution in [0.25, 0.3) is 0 Å². The van der Waals surface area contributed by atoms with Gasteiger partial charge in [-0.15, -0.1) is 0 Å². The van der Waals surface area contributed by atoms with Crippen LogP contribution in [0.15, 0.2) is 59.5 Å². The highest BCUT2D eigenvalue weighted by Gasteiger charge is 2.65. The molecule has 5 aliphatic rings. The number of fused-ring (bicyclic) bond motifs is 1. The van der Waals surface area contributed by atoms with E-state index < -0.39 is 0 Å². The number of carbonyl (C=O) groups excluding carboxylic acids is 1. The van der Waals surface area contributed by atoms with Gasteiger partial charge in [0.1, 0.15) is 0 Å². The van der Waals surface area contributed by atoms with E-state index in [1.165, 1.54) is 17.6 Å². The fourth-order valence-electron chi connectivity index (χ4n) is 7.39. The van der Waals surface area contributed by atoms with E-state index in [-0.39, 0.29) is 22.5 Å². The zero-order valence-corrected chi connectivity index (χ0v) is 19.4. The number of allylic oxidation sites excluding steroid dienone is 2. The van der Waals surface area contributed by atoms with Crippen LogP contribution in [0.3, 0.4) is 0 Å². The van der Waals surface area contributed by atoms with Crippen LogP contribution in [0, 0.1) is 11.3 Å². The molecule has 2 bridgehead atoms. The van der Waals surface area contributed by atoms with E-state index in [0.717, 1.165) is 49.8 Å². The molecule has 1 aromatic heterocycles. The van der Waals surface area contributed by atoms with Gasteiger partial charge in [0.25, 0.3) is 5.91 Å². The fourth-order valence-corrected chi connectivity index (χ4v) is 7.39. The Kier molecular flexibility index (Phi) is 4.38. The number of ether oxygens (including phenoxy) is 1. The molecule has 32 heavy (non-hydrogen) atoms. The van der Waals surface area contributed by atoms with E-state index in [2.05, 4.69) is 54.4 Å². The first-order valence-electron chi connectivity index (χ1n) is 12.1. The van der Waals surface area contributed by atoms with Crippen molar-refractivity contribution in [1.82, 2.24) is 9.88 Å². The molecule has 3 aliphatic carbocycles. The molecule has 3 heterocycles. The Morgan fingerprint density at radius 3 is 2.94 bits per heavy atom. The summed E-state index contributed by atoms with van der Waals surface area (Å²) >= 11 is 0. The van der Waals surface area contributed by atoms with Crippen LogP contribution in [0.4, 0.5) is 5.69 Å². The number of hydrogen-bond acceptors (Lipinski definition) is 4. The van der Waals surface area contributed by atoms with Crippen LogP contribution in [0.5, 0.6) is 0 Å². The number of aromatic nitrogens is 1. The van der Waals surface area contributed by atoms with Crippen LogP contribution in [0.1, 0.15) is 51.9 Å². The number of anilines is 1. The lowest BCUT2D eigenvalue weighted by Gasteiger charge is -2.54. The Morgan fingerprint density at radius 1 is 1.28 bits per heavy atom. The van der Waals surface area contributed by atoms with Crippen molar-refractivity contribution in [1.29, 1.82) is 0 Å². The third-order valence-corrected chi connectivity index (χ3v) is 9.14. The summed E-state index contributed by atoms with van der Waals surface area (Å²) in [6.45, 7) is 2.28. The van der Waals surface area contributed by atoms with Gasteiger partial charge in [-0.05, 0) is 82.3 Å². The summed E-state index contributed by atoms with van der Waals surface area (Å²) in [7, 11) is 4.39. The number of nitrogens with one attached hydrogen (secondary N) is 1. The number of hydrogen-bond donors (Lipinski definition) is 1. The Balaban J connectivity index is 1.32. The number of rotatable bonds is 3. The predicted octanol–water partition coefficient (Wildman–Crippen LogP) is 4.64. The minimum Gasteiger partial charge on any atom is -0.359 e. The summed E-state index contributed by atoms with van der Waals surface area (Å²) in [4.78, 5) is 19.8. The third kappa shape index (κ3) is 2.70. The molecule has 1 amide bonds. The topological polar surface area (TPSA) is 54.5 Å². The second-order valence-corrected chi connectivity index (χ2v) is 10.9. The maximum Gasteiger partial charge on any atom is 0.251 e. The smallest absolute Gasteiger partial charge is 0.251 e.